The first-order valence-electron chi connectivity index (χ1n) is 10.6. The van der Waals surface area contributed by atoms with E-state index in [-0.39, 0.29) is 29.6 Å². The van der Waals surface area contributed by atoms with Gasteiger partial charge in [-0.25, -0.2) is 4.99 Å². The lowest BCUT2D eigenvalue weighted by atomic mass is 9.71. The van der Waals surface area contributed by atoms with Crippen molar-refractivity contribution in [2.45, 2.75) is 66.3 Å². The third kappa shape index (κ3) is 4.46. The number of nitrogens with one attached hydrogen (secondary N) is 1. The van der Waals surface area contributed by atoms with Gasteiger partial charge in [0.25, 0.3) is 5.91 Å². The summed E-state index contributed by atoms with van der Waals surface area (Å²) < 4.78 is 5.45. The summed E-state index contributed by atoms with van der Waals surface area (Å²) in [6.45, 7) is 9.09. The van der Waals surface area contributed by atoms with Crippen LogP contribution in [0.2, 0.25) is 0 Å². The molecule has 1 aliphatic carbocycles. The molecule has 0 radical (unpaired) electrons. The highest BCUT2D eigenvalue weighted by Gasteiger charge is 2.43. The van der Waals surface area contributed by atoms with Crippen LogP contribution in [0.15, 0.2) is 37.0 Å². The number of furan rings is 1. The minimum absolute atomic E-state index is 0.106. The van der Waals surface area contributed by atoms with Gasteiger partial charge in [-0.05, 0) is 60.1 Å². The summed E-state index contributed by atoms with van der Waals surface area (Å²) in [5.41, 5.74) is 1.50. The average molecular weight is 428 g/mol. The fraction of sp³-hybridized carbons (Fsp3) is 0.565. The normalized spacial score (nSPS) is 23.7. The summed E-state index contributed by atoms with van der Waals surface area (Å²) in [4.78, 5) is 35.1. The minimum atomic E-state index is -0.273. The second-order valence-corrected chi connectivity index (χ2v) is 10.5. The van der Waals surface area contributed by atoms with Crippen molar-refractivity contribution >= 4 is 34.5 Å². The molecular weight excluding hydrogens is 398 g/mol. The van der Waals surface area contributed by atoms with E-state index in [4.69, 9.17) is 4.42 Å². The smallest absolute Gasteiger partial charge is 0.261 e. The van der Waals surface area contributed by atoms with Crippen LogP contribution in [0.1, 0.15) is 64.4 Å². The third-order valence-electron chi connectivity index (χ3n) is 6.16. The maximum Gasteiger partial charge on any atom is 0.261 e. The first-order valence-corrected chi connectivity index (χ1v) is 11.4. The Hall–Kier alpha value is -2.15. The molecule has 160 valence electrons. The molecule has 7 heteroatoms. The number of aryl methyl sites for hydroxylation is 1. The van der Waals surface area contributed by atoms with Crippen molar-refractivity contribution < 1.29 is 14.0 Å². The highest BCUT2D eigenvalue weighted by Crippen LogP contribution is 2.52. The van der Waals surface area contributed by atoms with Crippen LogP contribution in [0.4, 0.5) is 0 Å². The third-order valence-corrected chi connectivity index (χ3v) is 7.37. The number of fused-ring (bicyclic) bond motifs is 2. The van der Waals surface area contributed by atoms with E-state index < -0.39 is 0 Å². The van der Waals surface area contributed by atoms with Crippen LogP contribution in [0.5, 0.6) is 0 Å². The fourth-order valence-corrected chi connectivity index (χ4v) is 5.69. The zero-order valence-corrected chi connectivity index (χ0v) is 18.9. The van der Waals surface area contributed by atoms with Crippen LogP contribution in [-0.2, 0) is 16.1 Å². The zero-order chi connectivity index (χ0) is 21.5. The van der Waals surface area contributed by atoms with Crippen molar-refractivity contribution in [3.63, 3.8) is 0 Å². The van der Waals surface area contributed by atoms with E-state index in [0.29, 0.717) is 24.7 Å². The largest absolute Gasteiger partial charge is 0.465 e. The highest BCUT2D eigenvalue weighted by molar-refractivity contribution is 8.17. The lowest BCUT2D eigenvalue weighted by Crippen LogP contribution is -2.28. The first-order chi connectivity index (χ1) is 14.2. The number of allylic oxidation sites excluding steroid dienone is 1. The monoisotopic (exact) mass is 427 g/mol. The van der Waals surface area contributed by atoms with Crippen molar-refractivity contribution in [1.82, 2.24) is 5.32 Å². The lowest BCUT2D eigenvalue weighted by molar-refractivity contribution is -0.121. The van der Waals surface area contributed by atoms with Gasteiger partial charge in [0.15, 0.2) is 0 Å². The fourth-order valence-electron chi connectivity index (χ4n) is 4.29. The first kappa shape index (κ1) is 21.1. The van der Waals surface area contributed by atoms with E-state index in [1.54, 1.807) is 11.8 Å². The predicted molar refractivity (Wildman–Crippen MR) is 119 cm³/mol. The Bertz CT molecular complexity index is 965. The van der Waals surface area contributed by atoms with Gasteiger partial charge in [-0.1, -0.05) is 32.5 Å². The van der Waals surface area contributed by atoms with Gasteiger partial charge in [0, 0.05) is 12.8 Å². The maximum absolute atomic E-state index is 12.7. The summed E-state index contributed by atoms with van der Waals surface area (Å²) in [7, 11) is 0. The molecule has 3 aliphatic rings. The van der Waals surface area contributed by atoms with Crippen molar-refractivity contribution in [2.75, 3.05) is 0 Å². The number of aliphatic imine (C=N–C) groups is 2. The average Bonchev–Trinajstić information content (AvgIpc) is 3.26. The lowest BCUT2D eigenvalue weighted by Gasteiger charge is -2.34. The van der Waals surface area contributed by atoms with E-state index in [0.717, 1.165) is 35.8 Å². The number of carbonyl (C=O) groups excluding carboxylic acids is 2. The van der Waals surface area contributed by atoms with Gasteiger partial charge >= 0.3 is 0 Å². The Kier molecular flexibility index (Phi) is 5.75. The van der Waals surface area contributed by atoms with Crippen LogP contribution in [-0.4, -0.2) is 22.7 Å². The van der Waals surface area contributed by atoms with Crippen LogP contribution in [0.3, 0.4) is 0 Å². The molecule has 0 saturated carbocycles. The quantitative estimate of drug-likeness (QED) is 0.732. The van der Waals surface area contributed by atoms with Gasteiger partial charge in [0.1, 0.15) is 23.3 Å². The van der Waals surface area contributed by atoms with Crippen LogP contribution in [0.25, 0.3) is 0 Å². The number of carbonyl (C=O) groups is 2. The number of amides is 2. The summed E-state index contributed by atoms with van der Waals surface area (Å²) in [6, 6.07) is 3.72. The van der Waals surface area contributed by atoms with Crippen molar-refractivity contribution in [2.24, 2.45) is 27.2 Å². The second-order valence-electron chi connectivity index (χ2n) is 9.39. The summed E-state index contributed by atoms with van der Waals surface area (Å²) in [5, 5.41) is 3.69. The van der Waals surface area contributed by atoms with Crippen LogP contribution in [0, 0.1) is 24.2 Å². The van der Waals surface area contributed by atoms with Crippen LogP contribution < -0.4 is 5.32 Å². The van der Waals surface area contributed by atoms with Gasteiger partial charge in [0.05, 0.1) is 11.6 Å². The topological polar surface area (TPSA) is 84.0 Å². The zero-order valence-electron chi connectivity index (χ0n) is 18.1. The van der Waals surface area contributed by atoms with E-state index >= 15 is 0 Å². The number of hydrogen-bond donors (Lipinski definition) is 1. The minimum Gasteiger partial charge on any atom is -0.465 e. The number of rotatable bonds is 5. The Morgan fingerprint density at radius 1 is 1.30 bits per heavy atom. The molecule has 0 aromatic carbocycles. The Labute approximate surface area is 181 Å². The van der Waals surface area contributed by atoms with Gasteiger partial charge in [-0.2, -0.15) is 4.99 Å². The molecule has 4 rings (SSSR count). The predicted octanol–water partition coefficient (Wildman–Crippen LogP) is 4.78. The summed E-state index contributed by atoms with van der Waals surface area (Å²) in [6.07, 6.45) is 3.71. The van der Waals surface area contributed by atoms with Crippen molar-refractivity contribution in [3.8, 4) is 0 Å². The molecule has 0 bridgehead atoms. The molecule has 0 fully saturated rings. The Morgan fingerprint density at radius 3 is 2.80 bits per heavy atom. The molecule has 1 aromatic heterocycles. The standard InChI is InChI=1S/C23H29N3O3S/c1-13-5-7-15(29-13)12-24-19(27)10-9-18-25-21(28)20-16-8-6-14(23(2,3)4)11-17(16)30-22(20)26-18/h5,7,14,20H,6,8-12H2,1-4H3,(H,24,27). The van der Waals surface area contributed by atoms with E-state index in [1.807, 2.05) is 19.1 Å². The highest BCUT2D eigenvalue weighted by atomic mass is 32.2. The summed E-state index contributed by atoms with van der Waals surface area (Å²) in [5.74, 6) is 2.14. The van der Waals surface area contributed by atoms with Gasteiger partial charge < -0.3 is 9.73 Å². The molecule has 2 unspecified atom stereocenters. The number of amidine groups is 1. The molecule has 0 saturated heterocycles. The second kappa shape index (κ2) is 8.17. The number of thioether (sulfide) groups is 1. The van der Waals surface area contributed by atoms with Gasteiger partial charge in [0.2, 0.25) is 5.91 Å². The molecule has 30 heavy (non-hydrogen) atoms. The molecule has 2 amide bonds. The van der Waals surface area contributed by atoms with E-state index in [2.05, 4.69) is 36.1 Å². The molecule has 1 N–H and O–H groups in total. The SMILES string of the molecule is Cc1ccc(CNC(=O)CCC2=NC(=O)C3C(=N2)SC2=C3CCC(C(C)(C)C)C2)o1. The maximum atomic E-state index is 12.7. The van der Waals surface area contributed by atoms with E-state index in [1.165, 1.54) is 10.5 Å². The van der Waals surface area contributed by atoms with Gasteiger partial charge in [-0.15, -0.1) is 0 Å². The number of hydrogen-bond acceptors (Lipinski definition) is 5. The Morgan fingerprint density at radius 2 is 2.10 bits per heavy atom. The van der Waals surface area contributed by atoms with E-state index in [9.17, 15) is 9.59 Å². The molecule has 6 nitrogen and oxygen atoms in total. The molecule has 3 heterocycles. The number of nitrogens with zero attached hydrogens (tertiary/aromatic N) is 2. The molecule has 1 aromatic rings. The molecule has 2 atom stereocenters. The van der Waals surface area contributed by atoms with Crippen molar-refractivity contribution in [1.29, 1.82) is 0 Å². The van der Waals surface area contributed by atoms with Crippen LogP contribution >= 0.6 is 11.8 Å². The molecule has 0 spiro atoms. The Balaban J connectivity index is 1.34. The van der Waals surface area contributed by atoms with Gasteiger partial charge in [-0.3, -0.25) is 9.59 Å². The molecular formula is C23H29N3O3S. The molecule has 2 aliphatic heterocycles. The van der Waals surface area contributed by atoms with Crippen molar-refractivity contribution in [3.05, 3.63) is 34.1 Å². The summed E-state index contributed by atoms with van der Waals surface area (Å²) >= 11 is 1.67.